The van der Waals surface area contributed by atoms with Crippen molar-refractivity contribution in [1.82, 2.24) is 29.8 Å². The number of carbonyl (C=O) groups is 1. The molecule has 0 bridgehead atoms. The zero-order valence-corrected chi connectivity index (χ0v) is 12.2. The first-order valence-electron chi connectivity index (χ1n) is 6.86. The minimum absolute atomic E-state index is 0.00583. The average molecular weight is 308 g/mol. The zero-order chi connectivity index (χ0) is 14.7. The maximum atomic E-state index is 10.7. The largest absolute Gasteiger partial charge is 0.481 e. The van der Waals surface area contributed by atoms with Crippen LogP contribution < -0.4 is 0 Å². The van der Waals surface area contributed by atoms with E-state index in [2.05, 4.69) is 25.1 Å². The lowest BCUT2D eigenvalue weighted by molar-refractivity contribution is -0.133. The van der Waals surface area contributed by atoms with Crippen molar-refractivity contribution in [2.45, 2.75) is 43.4 Å². The Bertz CT molecular complexity index is 607. The van der Waals surface area contributed by atoms with Crippen LogP contribution in [-0.4, -0.2) is 46.6 Å². The highest BCUT2D eigenvalue weighted by Gasteiger charge is 2.30. The minimum Gasteiger partial charge on any atom is -0.481 e. The van der Waals surface area contributed by atoms with E-state index in [0.717, 1.165) is 38.2 Å². The number of rotatable bonds is 8. The summed E-state index contributed by atoms with van der Waals surface area (Å²) in [5, 5.41) is 25.6. The van der Waals surface area contributed by atoms with E-state index in [1.165, 1.54) is 11.8 Å². The summed E-state index contributed by atoms with van der Waals surface area (Å²) in [6, 6.07) is 0. The molecular formula is C12H16N6O2S. The van der Waals surface area contributed by atoms with Crippen molar-refractivity contribution in [3.05, 3.63) is 18.2 Å². The van der Waals surface area contributed by atoms with Crippen molar-refractivity contribution in [2.75, 3.05) is 5.75 Å². The molecule has 0 saturated heterocycles. The van der Waals surface area contributed by atoms with Crippen molar-refractivity contribution >= 4 is 17.7 Å². The summed E-state index contributed by atoms with van der Waals surface area (Å²) >= 11 is 1.22. The van der Waals surface area contributed by atoms with E-state index in [4.69, 9.17) is 5.11 Å². The molecule has 0 amide bonds. The highest BCUT2D eigenvalue weighted by Crippen LogP contribution is 2.40. The summed E-state index contributed by atoms with van der Waals surface area (Å²) < 4.78 is 3.84. The number of hydrogen-bond donors (Lipinski definition) is 1. The minimum atomic E-state index is -0.842. The van der Waals surface area contributed by atoms with Gasteiger partial charge in [-0.2, -0.15) is 0 Å². The molecule has 0 unspecified atom stereocenters. The Labute approximate surface area is 125 Å². The normalized spacial score (nSPS) is 14.5. The molecule has 1 fully saturated rings. The van der Waals surface area contributed by atoms with Gasteiger partial charge in [0.05, 0.1) is 11.9 Å². The first-order chi connectivity index (χ1) is 10.2. The molecule has 0 atom stereocenters. The topological polar surface area (TPSA) is 98.7 Å². The van der Waals surface area contributed by atoms with Crippen LogP contribution in [0.4, 0.5) is 0 Å². The summed E-state index contributed by atoms with van der Waals surface area (Å²) in [6.45, 7) is 1.53. The van der Waals surface area contributed by atoms with Gasteiger partial charge in [-0.1, -0.05) is 17.0 Å². The smallest absolute Gasteiger partial charge is 0.313 e. The Hall–Kier alpha value is -1.90. The number of nitrogens with zero attached hydrogens (tertiary/aromatic N) is 6. The maximum absolute atomic E-state index is 10.7. The zero-order valence-electron chi connectivity index (χ0n) is 11.4. The molecule has 9 heteroatoms. The van der Waals surface area contributed by atoms with Crippen LogP contribution >= 0.6 is 11.8 Å². The van der Waals surface area contributed by atoms with Crippen molar-refractivity contribution in [3.8, 4) is 0 Å². The SMILES string of the molecule is O=C(O)CSc1nnc(C2CC2)n1CCCn1ccnn1. The highest BCUT2D eigenvalue weighted by molar-refractivity contribution is 7.99. The van der Waals surface area contributed by atoms with Crippen LogP contribution in [0, 0.1) is 0 Å². The molecule has 0 aliphatic heterocycles. The van der Waals surface area contributed by atoms with Crippen LogP contribution in [0.3, 0.4) is 0 Å². The lowest BCUT2D eigenvalue weighted by atomic mass is 10.3. The van der Waals surface area contributed by atoms with Gasteiger partial charge in [0.25, 0.3) is 0 Å². The lowest BCUT2D eigenvalue weighted by Crippen LogP contribution is -2.09. The monoisotopic (exact) mass is 308 g/mol. The Kier molecular flexibility index (Phi) is 4.18. The van der Waals surface area contributed by atoms with Crippen LogP contribution in [0.25, 0.3) is 0 Å². The van der Waals surface area contributed by atoms with E-state index < -0.39 is 5.97 Å². The molecule has 1 aliphatic carbocycles. The Balaban J connectivity index is 1.65. The van der Waals surface area contributed by atoms with Gasteiger partial charge in [-0.05, 0) is 19.3 Å². The number of hydrogen-bond acceptors (Lipinski definition) is 6. The molecular weight excluding hydrogens is 292 g/mol. The number of thioether (sulfide) groups is 1. The predicted octanol–water partition coefficient (Wildman–Crippen LogP) is 1.01. The standard InChI is InChI=1S/C12H16N6O2S/c19-10(20)8-21-12-15-14-11(9-2-3-9)18(12)6-1-5-17-7-4-13-16-17/h4,7,9H,1-3,5-6,8H2,(H,19,20). The lowest BCUT2D eigenvalue weighted by Gasteiger charge is -2.09. The summed E-state index contributed by atoms with van der Waals surface area (Å²) in [5.74, 6) is 0.640. The molecule has 112 valence electrons. The van der Waals surface area contributed by atoms with E-state index in [1.807, 2.05) is 6.20 Å². The van der Waals surface area contributed by atoms with Crippen LogP contribution in [0.5, 0.6) is 0 Å². The third-order valence-corrected chi connectivity index (χ3v) is 4.21. The van der Waals surface area contributed by atoms with Gasteiger partial charge in [0.1, 0.15) is 5.82 Å². The van der Waals surface area contributed by atoms with Crippen molar-refractivity contribution < 1.29 is 9.90 Å². The van der Waals surface area contributed by atoms with Crippen LogP contribution in [0.2, 0.25) is 0 Å². The summed E-state index contributed by atoms with van der Waals surface area (Å²) in [5.41, 5.74) is 0. The third kappa shape index (κ3) is 3.60. The van der Waals surface area contributed by atoms with E-state index in [0.29, 0.717) is 11.1 Å². The third-order valence-electron chi connectivity index (χ3n) is 3.25. The second-order valence-electron chi connectivity index (χ2n) is 4.97. The van der Waals surface area contributed by atoms with Crippen LogP contribution in [-0.2, 0) is 17.9 Å². The van der Waals surface area contributed by atoms with Gasteiger partial charge < -0.3 is 9.67 Å². The fourth-order valence-electron chi connectivity index (χ4n) is 2.13. The van der Waals surface area contributed by atoms with Crippen molar-refractivity contribution in [1.29, 1.82) is 0 Å². The van der Waals surface area contributed by atoms with E-state index >= 15 is 0 Å². The quantitative estimate of drug-likeness (QED) is 0.727. The average Bonchev–Trinajstić information content (AvgIpc) is 3.02. The fourth-order valence-corrected chi connectivity index (χ4v) is 2.82. The number of aryl methyl sites for hydroxylation is 1. The molecule has 2 heterocycles. The van der Waals surface area contributed by atoms with Gasteiger partial charge in [-0.3, -0.25) is 9.48 Å². The van der Waals surface area contributed by atoms with Crippen LogP contribution in [0.1, 0.15) is 31.0 Å². The molecule has 1 aliphatic rings. The predicted molar refractivity (Wildman–Crippen MR) is 75.0 cm³/mol. The second-order valence-corrected chi connectivity index (χ2v) is 5.91. The fraction of sp³-hybridized carbons (Fsp3) is 0.583. The molecule has 0 radical (unpaired) electrons. The molecule has 8 nitrogen and oxygen atoms in total. The number of aromatic nitrogens is 6. The Morgan fingerprint density at radius 3 is 2.90 bits per heavy atom. The number of aliphatic carboxylic acids is 1. The van der Waals surface area contributed by atoms with E-state index in [9.17, 15) is 4.79 Å². The maximum Gasteiger partial charge on any atom is 0.313 e. The molecule has 0 spiro atoms. The van der Waals surface area contributed by atoms with E-state index in [1.54, 1.807) is 10.9 Å². The molecule has 2 aromatic rings. The van der Waals surface area contributed by atoms with Gasteiger partial charge in [0.2, 0.25) is 0 Å². The van der Waals surface area contributed by atoms with Gasteiger partial charge in [0.15, 0.2) is 5.16 Å². The molecule has 1 N–H and O–H groups in total. The van der Waals surface area contributed by atoms with Gasteiger partial charge in [-0.15, -0.1) is 15.3 Å². The summed E-state index contributed by atoms with van der Waals surface area (Å²) in [7, 11) is 0. The first kappa shape index (κ1) is 14.1. The summed E-state index contributed by atoms with van der Waals surface area (Å²) in [4.78, 5) is 10.7. The molecule has 3 rings (SSSR count). The number of carboxylic acids is 1. The highest BCUT2D eigenvalue weighted by atomic mass is 32.2. The Morgan fingerprint density at radius 1 is 1.38 bits per heavy atom. The molecule has 1 saturated carbocycles. The van der Waals surface area contributed by atoms with Crippen molar-refractivity contribution in [2.24, 2.45) is 0 Å². The molecule has 0 aromatic carbocycles. The number of carboxylic acid groups (broad SMARTS) is 1. The molecule has 2 aromatic heterocycles. The second kappa shape index (κ2) is 6.25. The molecule has 21 heavy (non-hydrogen) atoms. The van der Waals surface area contributed by atoms with Crippen LogP contribution in [0.15, 0.2) is 17.6 Å². The summed E-state index contributed by atoms with van der Waals surface area (Å²) in [6.07, 6.45) is 6.65. The van der Waals surface area contributed by atoms with Gasteiger partial charge >= 0.3 is 5.97 Å². The van der Waals surface area contributed by atoms with Crippen molar-refractivity contribution in [3.63, 3.8) is 0 Å². The van der Waals surface area contributed by atoms with E-state index in [-0.39, 0.29) is 5.75 Å². The Morgan fingerprint density at radius 2 is 2.24 bits per heavy atom. The van der Waals surface area contributed by atoms with Gasteiger partial charge in [-0.25, -0.2) is 0 Å². The first-order valence-corrected chi connectivity index (χ1v) is 7.84. The van der Waals surface area contributed by atoms with Gasteiger partial charge in [0, 0.05) is 25.2 Å².